The SMILES string of the molecule is COc1ccc(N2CCN(Cc3cc(=O)c(OC)cn3CC(=O)NC(C)C)CC2)cc1. The molecule has 1 fully saturated rings. The number of anilines is 1. The van der Waals surface area contributed by atoms with Crippen LogP contribution in [0.2, 0.25) is 0 Å². The normalized spacial score (nSPS) is 14.5. The van der Waals surface area contributed by atoms with Crippen LogP contribution in [-0.2, 0) is 17.9 Å². The van der Waals surface area contributed by atoms with Crippen LogP contribution < -0.4 is 25.1 Å². The number of carbonyl (C=O) groups excluding carboxylic acids is 1. The average molecular weight is 429 g/mol. The Morgan fingerprint density at radius 3 is 2.32 bits per heavy atom. The van der Waals surface area contributed by atoms with Crippen LogP contribution in [0.25, 0.3) is 0 Å². The van der Waals surface area contributed by atoms with Gasteiger partial charge in [-0.15, -0.1) is 0 Å². The minimum atomic E-state index is -0.171. The van der Waals surface area contributed by atoms with E-state index in [0.717, 1.165) is 37.6 Å². The molecule has 1 aliphatic rings. The maximum Gasteiger partial charge on any atom is 0.240 e. The number of carbonyl (C=O) groups is 1. The molecule has 1 aromatic heterocycles. The van der Waals surface area contributed by atoms with Crippen molar-refractivity contribution in [3.63, 3.8) is 0 Å². The summed E-state index contributed by atoms with van der Waals surface area (Å²) in [6.45, 7) is 8.11. The third-order valence-electron chi connectivity index (χ3n) is 5.36. The summed E-state index contributed by atoms with van der Waals surface area (Å²) in [6, 6.07) is 9.73. The lowest BCUT2D eigenvalue weighted by atomic mass is 10.2. The fourth-order valence-electron chi connectivity index (χ4n) is 3.74. The smallest absolute Gasteiger partial charge is 0.240 e. The van der Waals surface area contributed by atoms with Gasteiger partial charge in [0.25, 0.3) is 0 Å². The van der Waals surface area contributed by atoms with Gasteiger partial charge in [-0.3, -0.25) is 14.5 Å². The van der Waals surface area contributed by atoms with Crippen molar-refractivity contribution < 1.29 is 14.3 Å². The third kappa shape index (κ3) is 6.01. The predicted molar refractivity (Wildman–Crippen MR) is 121 cm³/mol. The summed E-state index contributed by atoms with van der Waals surface area (Å²) >= 11 is 0. The molecule has 0 saturated carbocycles. The van der Waals surface area contributed by atoms with Gasteiger partial charge in [-0.1, -0.05) is 0 Å². The van der Waals surface area contributed by atoms with E-state index in [1.807, 2.05) is 30.5 Å². The van der Waals surface area contributed by atoms with E-state index in [1.54, 1.807) is 19.4 Å². The highest BCUT2D eigenvalue weighted by Gasteiger charge is 2.20. The maximum atomic E-state index is 12.3. The molecule has 31 heavy (non-hydrogen) atoms. The second-order valence-electron chi connectivity index (χ2n) is 8.01. The average Bonchev–Trinajstić information content (AvgIpc) is 2.75. The van der Waals surface area contributed by atoms with Crippen LogP contribution in [0.4, 0.5) is 5.69 Å². The Balaban J connectivity index is 1.68. The summed E-state index contributed by atoms with van der Waals surface area (Å²) in [7, 11) is 3.13. The van der Waals surface area contributed by atoms with Crippen molar-refractivity contribution in [2.24, 2.45) is 0 Å². The molecule has 0 bridgehead atoms. The molecule has 1 saturated heterocycles. The number of aromatic nitrogens is 1. The molecule has 0 radical (unpaired) electrons. The van der Waals surface area contributed by atoms with Gasteiger partial charge < -0.3 is 24.3 Å². The van der Waals surface area contributed by atoms with Gasteiger partial charge in [0.05, 0.1) is 20.4 Å². The fourth-order valence-corrected chi connectivity index (χ4v) is 3.74. The monoisotopic (exact) mass is 428 g/mol. The Kier molecular flexibility index (Phi) is 7.57. The van der Waals surface area contributed by atoms with Crippen LogP contribution >= 0.6 is 0 Å². The number of rotatable bonds is 8. The Morgan fingerprint density at radius 1 is 1.06 bits per heavy atom. The highest BCUT2D eigenvalue weighted by molar-refractivity contribution is 5.76. The standard InChI is InChI=1S/C23H32N4O4/c1-17(2)24-23(29)16-27-15-22(31-4)21(28)13-19(27)14-25-9-11-26(12-10-25)18-5-7-20(30-3)8-6-18/h5-8,13,15,17H,9-12,14,16H2,1-4H3,(H,24,29). The van der Waals surface area contributed by atoms with Gasteiger partial charge in [-0.25, -0.2) is 0 Å². The molecule has 0 spiro atoms. The molecule has 8 heteroatoms. The van der Waals surface area contributed by atoms with Gasteiger partial charge in [0.2, 0.25) is 11.3 Å². The van der Waals surface area contributed by atoms with E-state index in [2.05, 4.69) is 27.2 Å². The van der Waals surface area contributed by atoms with Gasteiger partial charge in [-0.2, -0.15) is 0 Å². The summed E-state index contributed by atoms with van der Waals surface area (Å²) in [5.41, 5.74) is 1.81. The van der Waals surface area contributed by atoms with E-state index < -0.39 is 0 Å². The summed E-state index contributed by atoms with van der Waals surface area (Å²) in [6.07, 6.45) is 1.63. The van der Waals surface area contributed by atoms with Crippen molar-refractivity contribution in [3.05, 3.63) is 52.4 Å². The Morgan fingerprint density at radius 2 is 1.74 bits per heavy atom. The molecule has 1 aliphatic heterocycles. The summed E-state index contributed by atoms with van der Waals surface area (Å²) < 4.78 is 12.2. The quantitative estimate of drug-likeness (QED) is 0.690. The number of hydrogen-bond acceptors (Lipinski definition) is 6. The lowest BCUT2D eigenvalue weighted by molar-refractivity contribution is -0.122. The minimum absolute atomic E-state index is 0.0586. The van der Waals surface area contributed by atoms with Crippen molar-refractivity contribution in [1.82, 2.24) is 14.8 Å². The largest absolute Gasteiger partial charge is 0.497 e. The van der Waals surface area contributed by atoms with Crippen molar-refractivity contribution in [2.45, 2.75) is 33.0 Å². The van der Waals surface area contributed by atoms with Gasteiger partial charge in [0, 0.05) is 56.2 Å². The Labute approximate surface area is 183 Å². The van der Waals surface area contributed by atoms with E-state index in [4.69, 9.17) is 9.47 Å². The van der Waals surface area contributed by atoms with Crippen molar-refractivity contribution in [2.75, 3.05) is 45.3 Å². The highest BCUT2D eigenvalue weighted by atomic mass is 16.5. The predicted octanol–water partition coefficient (Wildman–Crippen LogP) is 1.71. The van der Waals surface area contributed by atoms with Crippen LogP contribution in [0, 0.1) is 0 Å². The molecular weight excluding hydrogens is 396 g/mol. The lowest BCUT2D eigenvalue weighted by Crippen LogP contribution is -2.46. The third-order valence-corrected chi connectivity index (χ3v) is 5.36. The molecule has 8 nitrogen and oxygen atoms in total. The van der Waals surface area contributed by atoms with Gasteiger partial charge in [0.1, 0.15) is 12.3 Å². The zero-order chi connectivity index (χ0) is 22.4. The zero-order valence-electron chi connectivity index (χ0n) is 18.8. The first-order chi connectivity index (χ1) is 14.9. The molecule has 3 rings (SSSR count). The zero-order valence-corrected chi connectivity index (χ0v) is 18.8. The topological polar surface area (TPSA) is 76.0 Å². The molecule has 168 valence electrons. The molecule has 2 heterocycles. The lowest BCUT2D eigenvalue weighted by Gasteiger charge is -2.36. The number of methoxy groups -OCH3 is 2. The van der Waals surface area contributed by atoms with Gasteiger partial charge in [0.15, 0.2) is 5.75 Å². The van der Waals surface area contributed by atoms with E-state index in [1.165, 1.54) is 12.8 Å². The molecule has 0 atom stereocenters. The fraction of sp³-hybridized carbons (Fsp3) is 0.478. The van der Waals surface area contributed by atoms with Gasteiger partial charge >= 0.3 is 0 Å². The maximum absolute atomic E-state index is 12.3. The first-order valence-electron chi connectivity index (χ1n) is 10.6. The van der Waals surface area contributed by atoms with Gasteiger partial charge in [-0.05, 0) is 38.1 Å². The first kappa shape index (κ1) is 22.7. The number of benzene rings is 1. The number of pyridine rings is 1. The minimum Gasteiger partial charge on any atom is -0.497 e. The molecule has 1 aromatic carbocycles. The van der Waals surface area contributed by atoms with E-state index in [0.29, 0.717) is 6.54 Å². The van der Waals surface area contributed by atoms with Crippen LogP contribution in [0.15, 0.2) is 41.3 Å². The second kappa shape index (κ2) is 10.3. The number of ether oxygens (including phenoxy) is 2. The Hall–Kier alpha value is -3.00. The first-order valence-corrected chi connectivity index (χ1v) is 10.6. The molecule has 2 aromatic rings. The molecule has 1 amide bonds. The van der Waals surface area contributed by atoms with Crippen molar-refractivity contribution in [1.29, 1.82) is 0 Å². The molecule has 0 unspecified atom stereocenters. The van der Waals surface area contributed by atoms with Crippen LogP contribution in [0.5, 0.6) is 11.5 Å². The summed E-state index contributed by atoms with van der Waals surface area (Å²) in [5.74, 6) is 0.998. The van der Waals surface area contributed by atoms with E-state index in [-0.39, 0.29) is 29.7 Å². The number of amides is 1. The number of piperazine rings is 1. The number of hydrogen-bond donors (Lipinski definition) is 1. The number of nitrogens with zero attached hydrogens (tertiary/aromatic N) is 3. The second-order valence-corrected chi connectivity index (χ2v) is 8.01. The number of nitrogens with one attached hydrogen (secondary N) is 1. The molecular formula is C23H32N4O4. The van der Waals surface area contributed by atoms with Crippen molar-refractivity contribution >= 4 is 11.6 Å². The highest BCUT2D eigenvalue weighted by Crippen LogP contribution is 2.21. The van der Waals surface area contributed by atoms with E-state index in [9.17, 15) is 9.59 Å². The van der Waals surface area contributed by atoms with Crippen molar-refractivity contribution in [3.8, 4) is 11.5 Å². The molecule has 0 aliphatic carbocycles. The summed E-state index contributed by atoms with van der Waals surface area (Å²) in [4.78, 5) is 29.3. The van der Waals surface area contributed by atoms with Crippen LogP contribution in [0.1, 0.15) is 19.5 Å². The van der Waals surface area contributed by atoms with Crippen LogP contribution in [0.3, 0.4) is 0 Å². The van der Waals surface area contributed by atoms with Crippen LogP contribution in [-0.4, -0.2) is 61.8 Å². The Bertz CT molecular complexity index is 932. The summed E-state index contributed by atoms with van der Waals surface area (Å²) in [5, 5.41) is 2.90. The molecule has 1 N–H and O–H groups in total. The van der Waals surface area contributed by atoms with E-state index >= 15 is 0 Å².